The molecule has 5 heteroatoms. The van der Waals surface area contributed by atoms with Crippen LogP contribution >= 0.6 is 11.3 Å². The van der Waals surface area contributed by atoms with Crippen molar-refractivity contribution in [1.82, 2.24) is 10.3 Å². The van der Waals surface area contributed by atoms with Gasteiger partial charge in [0.15, 0.2) is 5.96 Å². The van der Waals surface area contributed by atoms with E-state index in [4.69, 9.17) is 5.73 Å². The molecule has 1 fully saturated rings. The van der Waals surface area contributed by atoms with Crippen LogP contribution in [0.5, 0.6) is 0 Å². The third kappa shape index (κ3) is 3.70. The lowest BCUT2D eigenvalue weighted by Gasteiger charge is -2.19. The first-order valence-electron chi connectivity index (χ1n) is 6.67. The molecule has 0 saturated heterocycles. The first-order valence-corrected chi connectivity index (χ1v) is 7.49. The van der Waals surface area contributed by atoms with E-state index in [1.807, 2.05) is 6.20 Å². The fraction of sp³-hybridized carbons (Fsp3) is 0.692. The van der Waals surface area contributed by atoms with Crippen LogP contribution in [0.15, 0.2) is 11.2 Å². The largest absolute Gasteiger partial charge is 0.370 e. The predicted octanol–water partition coefficient (Wildman–Crippen LogP) is 2.75. The molecule has 4 nitrogen and oxygen atoms in total. The molecule has 1 heterocycles. The van der Waals surface area contributed by atoms with Crippen LogP contribution in [0.1, 0.15) is 55.0 Å². The maximum absolute atomic E-state index is 5.97. The van der Waals surface area contributed by atoms with Crippen LogP contribution in [0.4, 0.5) is 0 Å². The second-order valence-corrected chi connectivity index (χ2v) is 6.25. The van der Waals surface area contributed by atoms with Gasteiger partial charge in [0.2, 0.25) is 0 Å². The summed E-state index contributed by atoms with van der Waals surface area (Å²) >= 11 is 1.70. The highest BCUT2D eigenvalue weighted by Crippen LogP contribution is 2.21. The number of nitrogens with zero attached hydrogens (tertiary/aromatic N) is 2. The zero-order valence-corrected chi connectivity index (χ0v) is 12.0. The van der Waals surface area contributed by atoms with E-state index < -0.39 is 0 Å². The van der Waals surface area contributed by atoms with Gasteiger partial charge in [-0.2, -0.15) is 0 Å². The molecule has 0 spiro atoms. The van der Waals surface area contributed by atoms with Crippen LogP contribution in [-0.4, -0.2) is 17.0 Å². The van der Waals surface area contributed by atoms with E-state index in [1.54, 1.807) is 11.3 Å². The van der Waals surface area contributed by atoms with Crippen molar-refractivity contribution in [2.24, 2.45) is 10.7 Å². The van der Waals surface area contributed by atoms with E-state index in [1.165, 1.54) is 37.0 Å². The highest BCUT2D eigenvalue weighted by Gasteiger charge is 2.14. The Morgan fingerprint density at radius 1 is 1.50 bits per heavy atom. The van der Waals surface area contributed by atoms with Gasteiger partial charge in [0.1, 0.15) is 5.01 Å². The van der Waals surface area contributed by atoms with E-state index in [-0.39, 0.29) is 6.04 Å². The van der Waals surface area contributed by atoms with Crippen LogP contribution in [0.2, 0.25) is 0 Å². The molecule has 1 aliphatic rings. The summed E-state index contributed by atoms with van der Waals surface area (Å²) in [7, 11) is 0. The SMILES string of the molecule is Cc1cnc(C(C)NC(N)=NC2CCCCC2)s1. The minimum absolute atomic E-state index is 0.135. The number of nitrogens with one attached hydrogen (secondary N) is 1. The minimum atomic E-state index is 0.135. The number of aliphatic imine (C=N–C) groups is 1. The molecule has 3 N–H and O–H groups in total. The summed E-state index contributed by atoms with van der Waals surface area (Å²) in [5, 5.41) is 4.30. The van der Waals surface area contributed by atoms with Gasteiger partial charge in [0.25, 0.3) is 0 Å². The molecule has 100 valence electrons. The summed E-state index contributed by atoms with van der Waals surface area (Å²) < 4.78 is 0. The lowest BCUT2D eigenvalue weighted by Crippen LogP contribution is -2.35. The van der Waals surface area contributed by atoms with Crippen LogP contribution < -0.4 is 11.1 Å². The molecule has 1 atom stereocenters. The molecule has 1 unspecified atom stereocenters. The van der Waals surface area contributed by atoms with Crippen LogP contribution in [0.3, 0.4) is 0 Å². The Bertz CT molecular complexity index is 407. The lowest BCUT2D eigenvalue weighted by atomic mass is 9.96. The molecule has 1 aromatic heterocycles. The molecule has 1 saturated carbocycles. The second-order valence-electron chi connectivity index (χ2n) is 4.98. The van der Waals surface area contributed by atoms with Gasteiger partial charge in [-0.1, -0.05) is 19.3 Å². The van der Waals surface area contributed by atoms with Gasteiger partial charge < -0.3 is 11.1 Å². The number of aromatic nitrogens is 1. The first-order chi connectivity index (χ1) is 8.65. The number of hydrogen-bond donors (Lipinski definition) is 2. The van der Waals surface area contributed by atoms with Gasteiger partial charge in [-0.15, -0.1) is 11.3 Å². The average Bonchev–Trinajstić information content (AvgIpc) is 2.77. The highest BCUT2D eigenvalue weighted by molar-refractivity contribution is 7.11. The molecule has 1 aliphatic carbocycles. The fourth-order valence-corrected chi connectivity index (χ4v) is 3.08. The van der Waals surface area contributed by atoms with Crippen molar-refractivity contribution in [1.29, 1.82) is 0 Å². The summed E-state index contributed by atoms with van der Waals surface area (Å²) in [6.07, 6.45) is 8.15. The Kier molecular flexibility index (Phi) is 4.58. The number of guanidine groups is 1. The highest BCUT2D eigenvalue weighted by atomic mass is 32.1. The molecular formula is C13H22N4S. The van der Waals surface area contributed by atoms with Crippen molar-refractivity contribution >= 4 is 17.3 Å². The van der Waals surface area contributed by atoms with E-state index >= 15 is 0 Å². The van der Waals surface area contributed by atoms with E-state index in [0.717, 1.165) is 5.01 Å². The third-order valence-corrected chi connectivity index (χ3v) is 4.37. The standard InChI is InChI=1S/C13H22N4S/c1-9-8-15-12(18-9)10(2)16-13(14)17-11-6-4-3-5-7-11/h8,10-11H,3-7H2,1-2H3,(H3,14,16,17). The average molecular weight is 266 g/mol. The topological polar surface area (TPSA) is 63.3 Å². The van der Waals surface area contributed by atoms with Gasteiger partial charge in [0.05, 0.1) is 12.1 Å². The predicted molar refractivity (Wildman–Crippen MR) is 76.9 cm³/mol. The summed E-state index contributed by atoms with van der Waals surface area (Å²) in [6.45, 7) is 4.13. The molecule has 0 bridgehead atoms. The molecule has 0 aliphatic heterocycles. The minimum Gasteiger partial charge on any atom is -0.370 e. The maximum Gasteiger partial charge on any atom is 0.189 e. The van der Waals surface area contributed by atoms with Crippen molar-refractivity contribution in [2.75, 3.05) is 0 Å². The fourth-order valence-electron chi connectivity index (χ4n) is 2.30. The summed E-state index contributed by atoms with van der Waals surface area (Å²) in [5.74, 6) is 0.558. The molecule has 0 radical (unpaired) electrons. The van der Waals surface area contributed by atoms with Crippen molar-refractivity contribution in [3.05, 3.63) is 16.1 Å². The second kappa shape index (κ2) is 6.18. The molecule has 0 aromatic carbocycles. The number of rotatable bonds is 3. The Labute approximate surface area is 113 Å². The maximum atomic E-state index is 5.97. The smallest absolute Gasteiger partial charge is 0.189 e. The molecular weight excluding hydrogens is 244 g/mol. The number of nitrogens with two attached hydrogens (primary N) is 1. The number of aryl methyl sites for hydroxylation is 1. The Morgan fingerprint density at radius 2 is 2.22 bits per heavy atom. The third-order valence-electron chi connectivity index (χ3n) is 3.27. The van der Waals surface area contributed by atoms with Gasteiger partial charge in [-0.05, 0) is 26.7 Å². The van der Waals surface area contributed by atoms with Crippen molar-refractivity contribution in [3.8, 4) is 0 Å². The molecule has 18 heavy (non-hydrogen) atoms. The van der Waals surface area contributed by atoms with Gasteiger partial charge in [-0.25, -0.2) is 4.98 Å². The first kappa shape index (κ1) is 13.3. The van der Waals surface area contributed by atoms with Gasteiger partial charge in [-0.3, -0.25) is 4.99 Å². The van der Waals surface area contributed by atoms with E-state index in [2.05, 4.69) is 29.1 Å². The van der Waals surface area contributed by atoms with E-state index in [0.29, 0.717) is 12.0 Å². The quantitative estimate of drug-likeness (QED) is 0.653. The lowest BCUT2D eigenvalue weighted by molar-refractivity contribution is 0.441. The van der Waals surface area contributed by atoms with Crippen molar-refractivity contribution < 1.29 is 0 Å². The zero-order chi connectivity index (χ0) is 13.0. The summed E-state index contributed by atoms with van der Waals surface area (Å²) in [5.41, 5.74) is 5.97. The Hall–Kier alpha value is -1.10. The van der Waals surface area contributed by atoms with Crippen LogP contribution in [0.25, 0.3) is 0 Å². The van der Waals surface area contributed by atoms with Gasteiger partial charge >= 0.3 is 0 Å². The molecule has 1 aromatic rings. The van der Waals surface area contributed by atoms with Crippen LogP contribution in [-0.2, 0) is 0 Å². The molecule has 2 rings (SSSR count). The normalized spacial score (nSPS) is 19.8. The monoisotopic (exact) mass is 266 g/mol. The number of thiazole rings is 1. The summed E-state index contributed by atoms with van der Waals surface area (Å²) in [4.78, 5) is 10.2. The summed E-state index contributed by atoms with van der Waals surface area (Å²) in [6, 6.07) is 0.549. The Balaban J connectivity index is 1.89. The van der Waals surface area contributed by atoms with E-state index in [9.17, 15) is 0 Å². The number of hydrogen-bond acceptors (Lipinski definition) is 3. The zero-order valence-electron chi connectivity index (χ0n) is 11.1. The molecule has 0 amide bonds. The Morgan fingerprint density at radius 3 is 2.83 bits per heavy atom. The van der Waals surface area contributed by atoms with Crippen LogP contribution in [0, 0.1) is 6.92 Å². The van der Waals surface area contributed by atoms with Crippen molar-refractivity contribution in [3.63, 3.8) is 0 Å². The van der Waals surface area contributed by atoms with Gasteiger partial charge in [0, 0.05) is 11.1 Å². The van der Waals surface area contributed by atoms with Crippen molar-refractivity contribution in [2.45, 2.75) is 58.0 Å².